The van der Waals surface area contributed by atoms with Crippen LogP contribution in [0.5, 0.6) is 5.75 Å². The van der Waals surface area contributed by atoms with Gasteiger partial charge in [-0.1, -0.05) is 20.3 Å². The Kier molecular flexibility index (Phi) is 4.47. The predicted molar refractivity (Wildman–Crippen MR) is 68.8 cm³/mol. The fourth-order valence-electron chi connectivity index (χ4n) is 1.53. The lowest BCUT2D eigenvalue weighted by Crippen LogP contribution is -2.18. The van der Waals surface area contributed by atoms with Gasteiger partial charge in [0, 0.05) is 23.7 Å². The van der Waals surface area contributed by atoms with Gasteiger partial charge in [0.25, 0.3) is 5.69 Å². The molecule has 0 fully saturated rings. The SMILES string of the molecule is CCC(C)[C@@H](N)c1cc([N+](=O)[O-])cc(Br)c1O. The summed E-state index contributed by atoms with van der Waals surface area (Å²) in [5, 5.41) is 20.6. The highest BCUT2D eigenvalue weighted by Gasteiger charge is 2.22. The van der Waals surface area contributed by atoms with E-state index in [0.717, 1.165) is 6.42 Å². The van der Waals surface area contributed by atoms with Crippen LogP contribution in [-0.4, -0.2) is 10.0 Å². The molecule has 5 nitrogen and oxygen atoms in total. The fraction of sp³-hybridized carbons (Fsp3) is 0.455. The van der Waals surface area contributed by atoms with Crippen molar-refractivity contribution in [3.8, 4) is 5.75 Å². The van der Waals surface area contributed by atoms with Gasteiger partial charge in [-0.15, -0.1) is 0 Å². The van der Waals surface area contributed by atoms with E-state index in [1.165, 1.54) is 12.1 Å². The molecule has 0 saturated carbocycles. The lowest BCUT2D eigenvalue weighted by molar-refractivity contribution is -0.385. The predicted octanol–water partition coefficient (Wildman–Crippen LogP) is 3.11. The van der Waals surface area contributed by atoms with Crippen LogP contribution in [0, 0.1) is 16.0 Å². The molecular weight excluding hydrogens is 288 g/mol. The maximum absolute atomic E-state index is 10.7. The number of benzene rings is 1. The van der Waals surface area contributed by atoms with Crippen LogP contribution in [0.1, 0.15) is 31.9 Å². The zero-order valence-corrected chi connectivity index (χ0v) is 11.3. The number of phenols is 1. The Morgan fingerprint density at radius 3 is 2.65 bits per heavy atom. The molecule has 3 N–H and O–H groups in total. The highest BCUT2D eigenvalue weighted by Crippen LogP contribution is 2.37. The molecule has 1 aromatic rings. The zero-order chi connectivity index (χ0) is 13.2. The second-order valence-corrected chi connectivity index (χ2v) is 4.89. The lowest BCUT2D eigenvalue weighted by Gasteiger charge is -2.20. The summed E-state index contributed by atoms with van der Waals surface area (Å²) in [6, 6.07) is 2.18. The summed E-state index contributed by atoms with van der Waals surface area (Å²) in [7, 11) is 0. The molecule has 6 heteroatoms. The Labute approximate surface area is 108 Å². The van der Waals surface area contributed by atoms with Crippen LogP contribution >= 0.6 is 15.9 Å². The molecule has 0 aliphatic heterocycles. The molecule has 0 aliphatic rings. The molecule has 0 radical (unpaired) electrons. The van der Waals surface area contributed by atoms with Crippen molar-refractivity contribution < 1.29 is 10.0 Å². The van der Waals surface area contributed by atoms with Crippen molar-refractivity contribution in [3.63, 3.8) is 0 Å². The Morgan fingerprint density at radius 1 is 1.59 bits per heavy atom. The van der Waals surface area contributed by atoms with Gasteiger partial charge in [0.1, 0.15) is 5.75 Å². The highest BCUT2D eigenvalue weighted by atomic mass is 79.9. The van der Waals surface area contributed by atoms with E-state index in [1.54, 1.807) is 0 Å². The van der Waals surface area contributed by atoms with Crippen molar-refractivity contribution >= 4 is 21.6 Å². The van der Waals surface area contributed by atoms with Gasteiger partial charge >= 0.3 is 0 Å². The molecule has 94 valence electrons. The Bertz CT molecular complexity index is 437. The molecule has 2 atom stereocenters. The van der Waals surface area contributed by atoms with Crippen LogP contribution in [0.4, 0.5) is 5.69 Å². The summed E-state index contributed by atoms with van der Waals surface area (Å²) in [6.07, 6.45) is 0.834. The molecule has 0 aromatic heterocycles. The molecule has 0 bridgehead atoms. The minimum atomic E-state index is -0.503. The number of nitrogens with two attached hydrogens (primary N) is 1. The van der Waals surface area contributed by atoms with Crippen LogP contribution in [0.15, 0.2) is 16.6 Å². The van der Waals surface area contributed by atoms with E-state index in [1.807, 2.05) is 13.8 Å². The van der Waals surface area contributed by atoms with E-state index in [0.29, 0.717) is 10.0 Å². The maximum atomic E-state index is 10.7. The van der Waals surface area contributed by atoms with Crippen molar-refractivity contribution in [3.05, 3.63) is 32.3 Å². The molecule has 0 aliphatic carbocycles. The first-order chi connectivity index (χ1) is 7.88. The van der Waals surface area contributed by atoms with Crippen molar-refractivity contribution in [2.24, 2.45) is 11.7 Å². The first kappa shape index (κ1) is 13.9. The number of rotatable bonds is 4. The van der Waals surface area contributed by atoms with Gasteiger partial charge in [0.05, 0.1) is 9.40 Å². The molecule has 0 heterocycles. The van der Waals surface area contributed by atoms with E-state index in [9.17, 15) is 15.2 Å². The number of hydrogen-bond acceptors (Lipinski definition) is 4. The van der Waals surface area contributed by atoms with Crippen molar-refractivity contribution in [2.45, 2.75) is 26.3 Å². The van der Waals surface area contributed by atoms with Crippen LogP contribution in [-0.2, 0) is 0 Å². The highest BCUT2D eigenvalue weighted by molar-refractivity contribution is 9.10. The van der Waals surface area contributed by atoms with Gasteiger partial charge in [-0.25, -0.2) is 0 Å². The van der Waals surface area contributed by atoms with Gasteiger partial charge < -0.3 is 10.8 Å². The molecule has 0 saturated heterocycles. The van der Waals surface area contributed by atoms with Crippen molar-refractivity contribution in [1.29, 1.82) is 0 Å². The third kappa shape index (κ3) is 2.95. The third-order valence-corrected chi connectivity index (χ3v) is 3.51. The smallest absolute Gasteiger partial charge is 0.271 e. The van der Waals surface area contributed by atoms with E-state index < -0.39 is 11.0 Å². The summed E-state index contributed by atoms with van der Waals surface area (Å²) in [4.78, 5) is 10.2. The maximum Gasteiger partial charge on any atom is 0.271 e. The number of nitro groups is 1. The monoisotopic (exact) mass is 302 g/mol. The van der Waals surface area contributed by atoms with Crippen LogP contribution in [0.2, 0.25) is 0 Å². The number of hydrogen-bond donors (Lipinski definition) is 2. The largest absolute Gasteiger partial charge is 0.506 e. The van der Waals surface area contributed by atoms with Crippen molar-refractivity contribution in [2.75, 3.05) is 0 Å². The third-order valence-electron chi connectivity index (χ3n) is 2.90. The summed E-state index contributed by atoms with van der Waals surface area (Å²) < 4.78 is 0.292. The quantitative estimate of drug-likeness (QED) is 0.660. The van der Waals surface area contributed by atoms with E-state index >= 15 is 0 Å². The number of non-ortho nitro benzene ring substituents is 1. The fourth-order valence-corrected chi connectivity index (χ4v) is 1.99. The van der Waals surface area contributed by atoms with Gasteiger partial charge in [-0.2, -0.15) is 0 Å². The van der Waals surface area contributed by atoms with E-state index in [2.05, 4.69) is 15.9 Å². The summed E-state index contributed by atoms with van der Waals surface area (Å²) in [5.74, 6) is 0.109. The summed E-state index contributed by atoms with van der Waals surface area (Å²) in [6.45, 7) is 3.92. The first-order valence-electron chi connectivity index (χ1n) is 5.30. The Morgan fingerprint density at radius 2 is 2.18 bits per heavy atom. The van der Waals surface area contributed by atoms with Gasteiger partial charge in [-0.05, 0) is 21.8 Å². The number of halogens is 1. The van der Waals surface area contributed by atoms with Gasteiger partial charge in [0.2, 0.25) is 0 Å². The summed E-state index contributed by atoms with van der Waals surface area (Å²) >= 11 is 3.09. The first-order valence-corrected chi connectivity index (χ1v) is 6.10. The van der Waals surface area contributed by atoms with Crippen molar-refractivity contribution in [1.82, 2.24) is 0 Å². The van der Waals surface area contributed by atoms with E-state index in [-0.39, 0.29) is 17.4 Å². The zero-order valence-electron chi connectivity index (χ0n) is 9.68. The van der Waals surface area contributed by atoms with Crippen LogP contribution in [0.25, 0.3) is 0 Å². The molecule has 17 heavy (non-hydrogen) atoms. The van der Waals surface area contributed by atoms with Gasteiger partial charge in [-0.3, -0.25) is 10.1 Å². The Balaban J connectivity index is 3.27. The number of nitro benzene ring substituents is 1. The Hall–Kier alpha value is -1.14. The summed E-state index contributed by atoms with van der Waals surface area (Å²) in [5.41, 5.74) is 6.31. The average molecular weight is 303 g/mol. The van der Waals surface area contributed by atoms with Crippen LogP contribution in [0.3, 0.4) is 0 Å². The number of phenolic OH excluding ortho intramolecular Hbond substituents is 1. The molecule has 1 aromatic carbocycles. The number of aromatic hydroxyl groups is 1. The molecule has 0 spiro atoms. The van der Waals surface area contributed by atoms with Crippen LogP contribution < -0.4 is 5.73 Å². The molecular formula is C11H15BrN2O3. The molecule has 0 amide bonds. The normalized spacial score (nSPS) is 14.4. The molecule has 1 rings (SSSR count). The topological polar surface area (TPSA) is 89.4 Å². The standard InChI is InChI=1S/C11H15BrN2O3/c1-3-6(2)10(13)8-4-7(14(16)17)5-9(12)11(8)15/h4-6,10,15H,3,13H2,1-2H3/t6?,10-/m1/s1. The van der Waals surface area contributed by atoms with E-state index in [4.69, 9.17) is 5.73 Å². The average Bonchev–Trinajstić information content (AvgIpc) is 2.30. The minimum absolute atomic E-state index is 0.0246. The number of nitrogens with zero attached hydrogens (tertiary/aromatic N) is 1. The second kappa shape index (κ2) is 5.46. The minimum Gasteiger partial charge on any atom is -0.506 e. The molecule has 1 unspecified atom stereocenters. The van der Waals surface area contributed by atoms with Gasteiger partial charge in [0.15, 0.2) is 0 Å². The second-order valence-electron chi connectivity index (χ2n) is 4.03. The lowest BCUT2D eigenvalue weighted by atomic mass is 9.92.